The Labute approximate surface area is 845 Å². The van der Waals surface area contributed by atoms with E-state index in [0.717, 1.165) is 114 Å². The first-order chi connectivity index (χ1) is 68.8. The second-order valence-corrected chi connectivity index (χ2v) is 41.2. The molecule has 24 nitrogen and oxygen atoms in total. The summed E-state index contributed by atoms with van der Waals surface area (Å²) in [5.41, 5.74) is 31.8. The highest BCUT2D eigenvalue weighted by molar-refractivity contribution is 5.99. The molecule has 24 heteroatoms. The van der Waals surface area contributed by atoms with Gasteiger partial charge in [0, 0.05) is 128 Å². The molecule has 12 aromatic carbocycles. The lowest BCUT2D eigenvalue weighted by Crippen LogP contribution is -2.45. The van der Waals surface area contributed by atoms with Crippen LogP contribution in [0.15, 0.2) is 255 Å². The minimum atomic E-state index is -0.585. The highest BCUT2D eigenvalue weighted by Gasteiger charge is 2.36. The van der Waals surface area contributed by atoms with Crippen molar-refractivity contribution >= 4 is 53.0 Å². The van der Waals surface area contributed by atoms with Gasteiger partial charge in [-0.05, 0) is 253 Å². The van der Waals surface area contributed by atoms with Crippen LogP contribution in [-0.4, -0.2) is 170 Å². The normalized spacial score (nSPS) is 14.0. The predicted octanol–water partition coefficient (Wildman–Crippen LogP) is 19.1. The molecule has 8 amide bonds. The molecule has 8 N–H and O–H groups in total. The van der Waals surface area contributed by atoms with Crippen LogP contribution < -0.4 is 25.9 Å². The summed E-state index contributed by atoms with van der Waals surface area (Å²) in [4.78, 5) is 121. The Morgan fingerprint density at radius 1 is 0.347 bits per heavy atom. The van der Waals surface area contributed by atoms with Crippen molar-refractivity contribution < 1.29 is 78.5 Å². The SMILES string of the molecule is CC(C)(C)c1ccc(C(=O)N2CCCc3ccc(C(=O)CO)cc3CC2)cc1.CC(C)(C)c1ccc(C(=O)N2Cc3ccc(CCO)cc3C(C)(C)C2)cc1.COc1cc(C(=O)NO)cc2c1CN(C(=O)Cc1ccc(-c3ccccc3)cc1)CC2.COc1cc(C(=O)NO)cc2c1CN(C(=O)c1ccc(C(C)(C)C)cc1)CC2.Cc1cc(C(=O)NO)cc2c1CN(C(=O)Cc1ccc(-c3ccccc3)cc1)CC2. The Kier molecular flexibility index (Phi) is 35.3. The number of hydrogen-bond donors (Lipinski definition) is 8. The van der Waals surface area contributed by atoms with Gasteiger partial charge in [0.05, 0.1) is 27.1 Å². The zero-order chi connectivity index (χ0) is 103. The smallest absolute Gasteiger partial charge is 0.274 e. The number of aliphatic hydroxyl groups excluding tert-OH is 2. The van der Waals surface area contributed by atoms with Crippen LogP contribution in [0.4, 0.5) is 0 Å². The molecule has 17 rings (SSSR count). The van der Waals surface area contributed by atoms with Crippen molar-refractivity contribution in [2.24, 2.45) is 0 Å². The number of Topliss-reactive ketones (excluding diaryl/α,β-unsaturated/α-hetero) is 1. The maximum atomic E-state index is 13.1. The fraction of sp³-hybridized carbons (Fsp3) is 0.325. The van der Waals surface area contributed by atoms with Gasteiger partial charge in [0.25, 0.3) is 35.4 Å². The highest BCUT2D eigenvalue weighted by Crippen LogP contribution is 2.39. The van der Waals surface area contributed by atoms with E-state index in [4.69, 9.17) is 30.2 Å². The topological polar surface area (TPSA) is 326 Å². The van der Waals surface area contributed by atoms with Gasteiger partial charge in [-0.25, -0.2) is 16.4 Å². The van der Waals surface area contributed by atoms with Crippen molar-refractivity contribution in [3.05, 3.63) is 388 Å². The number of rotatable bonds is 18. The van der Waals surface area contributed by atoms with Crippen LogP contribution in [0.3, 0.4) is 0 Å². The first kappa shape index (κ1) is 107. The number of carbonyl (C=O) groups excluding carboxylic acids is 9. The van der Waals surface area contributed by atoms with Crippen LogP contribution in [-0.2, 0) is 109 Å². The van der Waals surface area contributed by atoms with Gasteiger partial charge >= 0.3 is 0 Å². The highest BCUT2D eigenvalue weighted by atomic mass is 16.5. The molecule has 0 aromatic heterocycles. The summed E-state index contributed by atoms with van der Waals surface area (Å²) in [7, 11) is 3.06. The lowest BCUT2D eigenvalue weighted by molar-refractivity contribution is -0.132. The molecule has 0 fully saturated rings. The fourth-order valence-corrected chi connectivity index (χ4v) is 19.1. The summed E-state index contributed by atoms with van der Waals surface area (Å²) >= 11 is 0. The zero-order valence-electron chi connectivity index (χ0n) is 85.1. The quantitative estimate of drug-likeness (QED) is 0.0225. The molecular formula is C120H134N8O16. The van der Waals surface area contributed by atoms with Gasteiger partial charge in [-0.1, -0.05) is 252 Å². The lowest BCUT2D eigenvalue weighted by Gasteiger charge is -2.40. The van der Waals surface area contributed by atoms with Crippen LogP contribution in [0.1, 0.15) is 250 Å². The number of aliphatic hydroxyl groups is 2. The molecule has 5 heterocycles. The van der Waals surface area contributed by atoms with Crippen molar-refractivity contribution in [3.8, 4) is 33.8 Å². The summed E-state index contributed by atoms with van der Waals surface area (Å²) in [5, 5.41) is 45.0. The number of ketones is 1. The van der Waals surface area contributed by atoms with E-state index in [1.54, 1.807) is 63.8 Å². The average Bonchev–Trinajstić information content (AvgIpc) is 0.741. The monoisotopic (exact) mass is 1940 g/mol. The minimum absolute atomic E-state index is 0.0228. The van der Waals surface area contributed by atoms with E-state index in [2.05, 4.69) is 143 Å². The van der Waals surface area contributed by atoms with Crippen LogP contribution in [0.5, 0.6) is 11.5 Å². The van der Waals surface area contributed by atoms with Gasteiger partial charge in [0.15, 0.2) is 5.78 Å². The molecule has 0 aliphatic carbocycles. The molecule has 0 saturated heterocycles. The molecule has 5 aliphatic rings. The van der Waals surface area contributed by atoms with E-state index in [0.29, 0.717) is 143 Å². The largest absolute Gasteiger partial charge is 0.496 e. The first-order valence-corrected chi connectivity index (χ1v) is 49.2. The Morgan fingerprint density at radius 3 is 1.13 bits per heavy atom. The third kappa shape index (κ3) is 26.9. The number of nitrogens with zero attached hydrogens (tertiary/aromatic N) is 5. The molecule has 750 valence electrons. The first-order valence-electron chi connectivity index (χ1n) is 49.2. The number of fused-ring (bicyclic) bond motifs is 5. The van der Waals surface area contributed by atoms with E-state index < -0.39 is 24.3 Å². The standard InChI is InChI=1S/C25H24N2O4.C25H24N2O3.C24H29NO3.C24H31NO2.C22H26N2O4/c1-31-23-15-21(25(29)26-30)14-20-11-12-27(16-22(20)23)24(28)13-17-7-9-19(10-8-17)18-5-3-2-4-6-18;1-17-13-22(25(29)26-30)15-21-11-12-27(16-23(17)21)24(28)14-18-7-9-20(10-8-18)19-5-3-2-4-6-19;1-24(2,3)21-10-8-18(9-11-21)23(28)25-13-4-5-17-6-7-20(22(27)16-26)15-19(17)12-14-25;1-23(2,3)20-10-8-18(9-11-20)22(27)25-15-19-7-6-17(12-13-26)14-21(19)24(4,5)16-25;1-22(2,3)17-7-5-14(6-8-17)21(26)24-10-9-15-11-16(20(25)23-27)12-19(28-4)18(15)13-24/h2-10,14-15,30H,11-13,16H2,1H3,(H,26,29);2-10,13,15,30H,11-12,14,16H2,1H3,(H,26,29);6-11,15,26H,4-5,12-14,16H2,1-3H3;6-11,14,26H,12-13,15-16H2,1-5H3;5-8,11-12,27H,9-10,13H2,1-4H3,(H,23,25). The minimum Gasteiger partial charge on any atom is -0.496 e. The van der Waals surface area contributed by atoms with Crippen LogP contribution in [0, 0.1) is 6.92 Å². The fourth-order valence-electron chi connectivity index (χ4n) is 19.1. The summed E-state index contributed by atoms with van der Waals surface area (Å²) in [6.07, 6.45) is 5.80. The van der Waals surface area contributed by atoms with Gasteiger partial charge in [-0.15, -0.1) is 0 Å². The predicted molar refractivity (Wildman–Crippen MR) is 559 cm³/mol. The Morgan fingerprint density at radius 2 is 0.708 bits per heavy atom. The van der Waals surface area contributed by atoms with Crippen molar-refractivity contribution in [2.45, 2.75) is 189 Å². The van der Waals surface area contributed by atoms with Gasteiger partial charge in [-0.2, -0.15) is 0 Å². The molecule has 0 unspecified atom stereocenters. The summed E-state index contributed by atoms with van der Waals surface area (Å²) < 4.78 is 10.9. The Hall–Kier alpha value is -14.5. The molecule has 0 radical (unpaired) electrons. The van der Waals surface area contributed by atoms with E-state index >= 15 is 0 Å². The van der Waals surface area contributed by atoms with E-state index in [1.807, 2.05) is 172 Å². The molecule has 0 spiro atoms. The van der Waals surface area contributed by atoms with Crippen LogP contribution in [0.25, 0.3) is 22.3 Å². The van der Waals surface area contributed by atoms with Gasteiger partial charge in [0.2, 0.25) is 11.8 Å². The number of carbonyl (C=O) groups is 9. The van der Waals surface area contributed by atoms with Crippen LogP contribution >= 0.6 is 0 Å². The number of methoxy groups -OCH3 is 2. The number of benzene rings is 12. The van der Waals surface area contributed by atoms with Crippen molar-refractivity contribution in [3.63, 3.8) is 0 Å². The molecule has 0 atom stereocenters. The van der Waals surface area contributed by atoms with Gasteiger partial charge in [0.1, 0.15) is 18.1 Å². The van der Waals surface area contributed by atoms with E-state index in [9.17, 15) is 48.3 Å². The molecule has 0 saturated carbocycles. The second kappa shape index (κ2) is 47.6. The summed E-state index contributed by atoms with van der Waals surface area (Å²) in [6, 6.07) is 82.5. The third-order valence-corrected chi connectivity index (χ3v) is 27.5. The van der Waals surface area contributed by atoms with Gasteiger partial charge in [-0.3, -0.25) is 58.8 Å². The van der Waals surface area contributed by atoms with Crippen molar-refractivity contribution in [1.82, 2.24) is 40.9 Å². The molecular weight excluding hydrogens is 1810 g/mol. The Bertz CT molecular complexity index is 6570. The lowest BCUT2D eigenvalue weighted by atomic mass is 9.77. The maximum Gasteiger partial charge on any atom is 0.274 e. The number of nitrogens with one attached hydrogen (secondary N) is 3. The zero-order valence-corrected chi connectivity index (χ0v) is 85.1. The molecule has 5 aliphatic heterocycles. The van der Waals surface area contributed by atoms with Gasteiger partial charge < -0.3 is 44.2 Å². The second-order valence-electron chi connectivity index (χ2n) is 41.2. The number of amides is 8. The summed E-state index contributed by atoms with van der Waals surface area (Å²) in [6.45, 7) is 31.3. The van der Waals surface area contributed by atoms with E-state index in [1.165, 1.54) is 47.6 Å². The Balaban J connectivity index is 0.000000151. The average molecular weight is 1940 g/mol. The molecule has 0 bridgehead atoms. The molecule has 12 aromatic rings. The van der Waals surface area contributed by atoms with Crippen LogP contribution in [0.2, 0.25) is 0 Å². The van der Waals surface area contributed by atoms with Crippen molar-refractivity contribution in [2.75, 3.05) is 66.7 Å². The number of hydroxylamine groups is 3. The summed E-state index contributed by atoms with van der Waals surface area (Å²) in [5.74, 6) is -0.586. The molecule has 144 heavy (non-hydrogen) atoms. The number of ether oxygens (including phenoxy) is 2. The van der Waals surface area contributed by atoms with Crippen molar-refractivity contribution in [1.29, 1.82) is 0 Å². The maximum absolute atomic E-state index is 13.1. The van der Waals surface area contributed by atoms with E-state index in [-0.39, 0.29) is 63.6 Å². The number of aryl methyl sites for hydroxylation is 2. The number of hydrogen-bond acceptors (Lipinski definition) is 16. The third-order valence-electron chi connectivity index (χ3n) is 27.5.